The zero-order chi connectivity index (χ0) is 8.06. The van der Waals surface area contributed by atoms with E-state index in [0.29, 0.717) is 5.92 Å². The monoisotopic (exact) mass is 153 g/mol. The molecule has 3 atom stereocenters. The highest BCUT2D eigenvalue weighted by atomic mass is 16.1. The second kappa shape index (κ2) is 2.07. The molecule has 0 aromatic carbocycles. The SMILES string of the molecule is CC(=O)[C@@]1(N)CC2CCC1C2. The first-order valence-electron chi connectivity index (χ1n) is 4.43. The number of fused-ring (bicyclic) bond motifs is 2. The van der Waals surface area contributed by atoms with Crippen molar-refractivity contribution in [1.82, 2.24) is 0 Å². The van der Waals surface area contributed by atoms with E-state index in [2.05, 4.69) is 0 Å². The smallest absolute Gasteiger partial charge is 0.149 e. The Hall–Kier alpha value is -0.370. The molecule has 0 aromatic heterocycles. The van der Waals surface area contributed by atoms with Crippen LogP contribution in [0, 0.1) is 11.8 Å². The second-order valence-corrected chi connectivity index (χ2v) is 4.18. The average molecular weight is 153 g/mol. The fraction of sp³-hybridized carbons (Fsp3) is 0.889. The summed E-state index contributed by atoms with van der Waals surface area (Å²) in [6.07, 6.45) is 4.64. The van der Waals surface area contributed by atoms with Gasteiger partial charge in [-0.2, -0.15) is 0 Å². The molecule has 0 spiro atoms. The summed E-state index contributed by atoms with van der Waals surface area (Å²) in [6.45, 7) is 1.64. The van der Waals surface area contributed by atoms with Gasteiger partial charge in [0.1, 0.15) is 5.78 Å². The fourth-order valence-electron chi connectivity index (χ4n) is 2.80. The highest BCUT2D eigenvalue weighted by Crippen LogP contribution is 2.49. The first-order valence-corrected chi connectivity index (χ1v) is 4.43. The van der Waals surface area contributed by atoms with E-state index < -0.39 is 5.54 Å². The Morgan fingerprint density at radius 2 is 2.27 bits per heavy atom. The van der Waals surface area contributed by atoms with Crippen molar-refractivity contribution < 1.29 is 4.79 Å². The Kier molecular flexibility index (Phi) is 1.37. The lowest BCUT2D eigenvalue weighted by Gasteiger charge is -2.30. The van der Waals surface area contributed by atoms with Gasteiger partial charge in [-0.15, -0.1) is 0 Å². The second-order valence-electron chi connectivity index (χ2n) is 4.18. The average Bonchev–Trinajstić information content (AvgIpc) is 2.45. The molecule has 0 saturated heterocycles. The zero-order valence-corrected chi connectivity index (χ0v) is 6.97. The summed E-state index contributed by atoms with van der Waals surface area (Å²) < 4.78 is 0. The number of hydrogen-bond donors (Lipinski definition) is 1. The van der Waals surface area contributed by atoms with Gasteiger partial charge in [-0.25, -0.2) is 0 Å². The van der Waals surface area contributed by atoms with Crippen LogP contribution in [-0.4, -0.2) is 11.3 Å². The first-order chi connectivity index (χ1) is 5.13. The fourth-order valence-corrected chi connectivity index (χ4v) is 2.80. The van der Waals surface area contributed by atoms with E-state index in [1.807, 2.05) is 0 Å². The van der Waals surface area contributed by atoms with E-state index >= 15 is 0 Å². The van der Waals surface area contributed by atoms with Gasteiger partial charge in [0.05, 0.1) is 5.54 Å². The molecule has 2 aliphatic carbocycles. The summed E-state index contributed by atoms with van der Waals surface area (Å²) >= 11 is 0. The summed E-state index contributed by atoms with van der Waals surface area (Å²) in [5.41, 5.74) is 5.61. The number of carbonyl (C=O) groups is 1. The molecule has 62 valence electrons. The van der Waals surface area contributed by atoms with Crippen LogP contribution >= 0.6 is 0 Å². The number of hydrogen-bond acceptors (Lipinski definition) is 2. The van der Waals surface area contributed by atoms with Crippen LogP contribution in [0.25, 0.3) is 0 Å². The molecule has 0 aromatic rings. The van der Waals surface area contributed by atoms with Crippen molar-refractivity contribution >= 4 is 5.78 Å². The van der Waals surface area contributed by atoms with Crippen molar-refractivity contribution in [2.45, 2.75) is 38.1 Å². The Balaban J connectivity index is 2.23. The Morgan fingerprint density at radius 1 is 1.55 bits per heavy atom. The van der Waals surface area contributed by atoms with E-state index in [0.717, 1.165) is 12.3 Å². The van der Waals surface area contributed by atoms with E-state index in [1.54, 1.807) is 6.92 Å². The minimum absolute atomic E-state index is 0.199. The van der Waals surface area contributed by atoms with Crippen LogP contribution in [0.1, 0.15) is 32.6 Å². The van der Waals surface area contributed by atoms with Gasteiger partial charge in [-0.3, -0.25) is 4.79 Å². The third-order valence-electron chi connectivity index (χ3n) is 3.55. The lowest BCUT2D eigenvalue weighted by atomic mass is 9.79. The molecule has 0 heterocycles. The quantitative estimate of drug-likeness (QED) is 0.613. The first kappa shape index (κ1) is 7.29. The molecule has 2 aliphatic rings. The predicted molar refractivity (Wildman–Crippen MR) is 43.0 cm³/mol. The van der Waals surface area contributed by atoms with Crippen molar-refractivity contribution in [3.05, 3.63) is 0 Å². The molecule has 2 saturated carbocycles. The van der Waals surface area contributed by atoms with Crippen molar-refractivity contribution in [2.75, 3.05) is 0 Å². The minimum Gasteiger partial charge on any atom is -0.319 e. The standard InChI is InChI=1S/C9H15NO/c1-6(11)9(10)5-7-2-3-8(9)4-7/h7-8H,2-5,10H2,1H3/t7?,8?,9-/m0/s1. The van der Waals surface area contributed by atoms with Gasteiger partial charge in [0, 0.05) is 0 Å². The summed E-state index contributed by atoms with van der Waals surface area (Å²) in [5, 5.41) is 0. The summed E-state index contributed by atoms with van der Waals surface area (Å²) in [7, 11) is 0. The van der Waals surface area contributed by atoms with E-state index in [-0.39, 0.29) is 5.78 Å². The van der Waals surface area contributed by atoms with Gasteiger partial charge in [-0.1, -0.05) is 6.42 Å². The largest absolute Gasteiger partial charge is 0.319 e. The molecule has 2 nitrogen and oxygen atoms in total. The number of rotatable bonds is 1. The maximum atomic E-state index is 11.2. The molecule has 2 fully saturated rings. The van der Waals surface area contributed by atoms with Crippen LogP contribution in [0.15, 0.2) is 0 Å². The van der Waals surface area contributed by atoms with Crippen LogP contribution in [0.3, 0.4) is 0 Å². The van der Waals surface area contributed by atoms with Crippen molar-refractivity contribution in [3.8, 4) is 0 Å². The molecule has 2 unspecified atom stereocenters. The Morgan fingerprint density at radius 3 is 2.55 bits per heavy atom. The number of ketones is 1. The van der Waals surface area contributed by atoms with Gasteiger partial charge in [0.25, 0.3) is 0 Å². The summed E-state index contributed by atoms with van der Waals surface area (Å²) in [5.74, 6) is 1.46. The van der Waals surface area contributed by atoms with Gasteiger partial charge in [0.2, 0.25) is 0 Å². The Bertz CT molecular complexity index is 202. The summed E-state index contributed by atoms with van der Waals surface area (Å²) in [4.78, 5) is 11.2. The molecular weight excluding hydrogens is 138 g/mol. The van der Waals surface area contributed by atoms with Crippen LogP contribution < -0.4 is 5.73 Å². The number of nitrogens with two attached hydrogens (primary N) is 1. The van der Waals surface area contributed by atoms with Crippen LogP contribution in [0.4, 0.5) is 0 Å². The van der Waals surface area contributed by atoms with Gasteiger partial charge >= 0.3 is 0 Å². The van der Waals surface area contributed by atoms with Gasteiger partial charge in [0.15, 0.2) is 0 Å². The molecule has 0 aliphatic heterocycles. The van der Waals surface area contributed by atoms with Crippen LogP contribution in [-0.2, 0) is 4.79 Å². The van der Waals surface area contributed by atoms with E-state index in [9.17, 15) is 4.79 Å². The zero-order valence-electron chi connectivity index (χ0n) is 6.97. The third kappa shape index (κ3) is 0.853. The van der Waals surface area contributed by atoms with Crippen LogP contribution in [0.5, 0.6) is 0 Å². The third-order valence-corrected chi connectivity index (χ3v) is 3.55. The lowest BCUT2D eigenvalue weighted by molar-refractivity contribution is -0.123. The highest BCUT2D eigenvalue weighted by Gasteiger charge is 2.51. The molecule has 2 heteroatoms. The molecule has 11 heavy (non-hydrogen) atoms. The molecule has 0 radical (unpaired) electrons. The highest BCUT2D eigenvalue weighted by molar-refractivity contribution is 5.86. The van der Waals surface area contributed by atoms with Crippen molar-refractivity contribution in [3.63, 3.8) is 0 Å². The van der Waals surface area contributed by atoms with Crippen molar-refractivity contribution in [1.29, 1.82) is 0 Å². The Labute approximate surface area is 67.1 Å². The van der Waals surface area contributed by atoms with Crippen LogP contribution in [0.2, 0.25) is 0 Å². The summed E-state index contributed by atoms with van der Waals surface area (Å²) in [6, 6.07) is 0. The minimum atomic E-state index is -0.428. The molecule has 0 amide bonds. The molecular formula is C9H15NO. The number of Topliss-reactive ketones (excluding diaryl/α,β-unsaturated/α-hetero) is 1. The van der Waals surface area contributed by atoms with E-state index in [1.165, 1.54) is 19.3 Å². The molecule has 2 rings (SSSR count). The molecule has 2 N–H and O–H groups in total. The maximum absolute atomic E-state index is 11.2. The normalized spacial score (nSPS) is 48.2. The number of carbonyl (C=O) groups excluding carboxylic acids is 1. The lowest BCUT2D eigenvalue weighted by Crippen LogP contribution is -2.51. The van der Waals surface area contributed by atoms with Gasteiger partial charge in [-0.05, 0) is 38.0 Å². The predicted octanol–water partition coefficient (Wildman–Crippen LogP) is 1.09. The van der Waals surface area contributed by atoms with Gasteiger partial charge < -0.3 is 5.73 Å². The topological polar surface area (TPSA) is 43.1 Å². The molecule has 2 bridgehead atoms. The van der Waals surface area contributed by atoms with E-state index in [4.69, 9.17) is 5.73 Å². The maximum Gasteiger partial charge on any atom is 0.149 e. The van der Waals surface area contributed by atoms with Crippen molar-refractivity contribution in [2.24, 2.45) is 17.6 Å².